The maximum absolute atomic E-state index is 13.9. The first-order chi connectivity index (χ1) is 14.7. The number of methoxy groups -OCH3 is 1. The summed E-state index contributed by atoms with van der Waals surface area (Å²) in [4.78, 5) is 7.27. The van der Waals surface area contributed by atoms with E-state index < -0.39 is 0 Å². The lowest BCUT2D eigenvalue weighted by Crippen LogP contribution is -2.46. The number of guanidine groups is 1. The number of rotatable bonds is 10. The molecule has 2 aliphatic rings. The van der Waals surface area contributed by atoms with Crippen LogP contribution in [-0.2, 0) is 9.47 Å². The highest BCUT2D eigenvalue weighted by atomic mass is 19.1. The van der Waals surface area contributed by atoms with Gasteiger partial charge in [0.25, 0.3) is 0 Å². The summed E-state index contributed by atoms with van der Waals surface area (Å²) in [6.45, 7) is 8.26. The zero-order valence-corrected chi connectivity index (χ0v) is 18.5. The van der Waals surface area contributed by atoms with E-state index in [-0.39, 0.29) is 17.3 Å². The van der Waals surface area contributed by atoms with Crippen molar-refractivity contribution in [3.8, 4) is 0 Å². The molecule has 1 aromatic rings. The Hall–Kier alpha value is -1.70. The average Bonchev–Trinajstić information content (AvgIpc) is 2.73. The van der Waals surface area contributed by atoms with Crippen molar-refractivity contribution < 1.29 is 13.9 Å². The van der Waals surface area contributed by atoms with Crippen molar-refractivity contribution in [2.75, 3.05) is 59.7 Å². The van der Waals surface area contributed by atoms with Crippen molar-refractivity contribution in [2.24, 2.45) is 10.4 Å². The predicted molar refractivity (Wildman–Crippen MR) is 118 cm³/mol. The van der Waals surface area contributed by atoms with E-state index in [4.69, 9.17) is 14.5 Å². The predicted octanol–water partition coefficient (Wildman–Crippen LogP) is 2.96. The standard InChI is InChI=1S/C23H37FN4O2/c1-3-25-22(27-18-23(8-5-9-23)10-13-29-2)26-17-21(28-11-14-30-15-12-28)19-6-4-7-20(24)16-19/h4,6-7,16,21H,3,5,8-15,17-18H2,1-2H3,(H2,25,26,27). The number of halogens is 1. The Balaban J connectivity index is 1.67. The Morgan fingerprint density at radius 3 is 2.73 bits per heavy atom. The molecule has 0 spiro atoms. The summed E-state index contributed by atoms with van der Waals surface area (Å²) in [6, 6.07) is 6.99. The molecule has 6 nitrogen and oxygen atoms in total. The second-order valence-electron chi connectivity index (χ2n) is 8.39. The lowest BCUT2D eigenvalue weighted by molar-refractivity contribution is 0.0169. The van der Waals surface area contributed by atoms with Gasteiger partial charge in [0.05, 0.1) is 19.3 Å². The zero-order chi connectivity index (χ0) is 21.2. The molecular weight excluding hydrogens is 383 g/mol. The largest absolute Gasteiger partial charge is 0.385 e. The van der Waals surface area contributed by atoms with E-state index in [0.717, 1.165) is 50.7 Å². The Morgan fingerprint density at radius 1 is 1.30 bits per heavy atom. The summed E-state index contributed by atoms with van der Waals surface area (Å²) in [5.41, 5.74) is 1.26. The fraction of sp³-hybridized carbons (Fsp3) is 0.696. The van der Waals surface area contributed by atoms with E-state index in [1.54, 1.807) is 19.2 Å². The van der Waals surface area contributed by atoms with Crippen LogP contribution < -0.4 is 10.6 Å². The van der Waals surface area contributed by atoms with Gasteiger partial charge < -0.3 is 20.1 Å². The van der Waals surface area contributed by atoms with Gasteiger partial charge in [-0.2, -0.15) is 0 Å². The number of ether oxygens (including phenoxy) is 2. The second kappa shape index (κ2) is 11.6. The first-order valence-electron chi connectivity index (χ1n) is 11.2. The first-order valence-corrected chi connectivity index (χ1v) is 11.2. The minimum Gasteiger partial charge on any atom is -0.385 e. The van der Waals surface area contributed by atoms with Gasteiger partial charge in [-0.05, 0) is 49.3 Å². The quantitative estimate of drug-likeness (QED) is 0.450. The monoisotopic (exact) mass is 420 g/mol. The molecule has 2 N–H and O–H groups in total. The van der Waals surface area contributed by atoms with Crippen molar-refractivity contribution >= 4 is 5.96 Å². The third kappa shape index (κ3) is 6.40. The first kappa shape index (κ1) is 23.0. The highest BCUT2D eigenvalue weighted by Gasteiger charge is 2.36. The van der Waals surface area contributed by atoms with Crippen LogP contribution in [-0.4, -0.2) is 70.5 Å². The van der Waals surface area contributed by atoms with Crippen LogP contribution in [0.25, 0.3) is 0 Å². The average molecular weight is 421 g/mol. The van der Waals surface area contributed by atoms with Crippen molar-refractivity contribution in [3.63, 3.8) is 0 Å². The maximum Gasteiger partial charge on any atom is 0.191 e. The topological polar surface area (TPSA) is 58.1 Å². The third-order valence-corrected chi connectivity index (χ3v) is 6.35. The van der Waals surface area contributed by atoms with Crippen LogP contribution in [0.4, 0.5) is 4.39 Å². The van der Waals surface area contributed by atoms with Crippen molar-refractivity contribution in [1.82, 2.24) is 15.5 Å². The van der Waals surface area contributed by atoms with Crippen LogP contribution in [0.15, 0.2) is 29.3 Å². The Morgan fingerprint density at radius 2 is 2.10 bits per heavy atom. The fourth-order valence-electron chi connectivity index (χ4n) is 4.33. The van der Waals surface area contributed by atoms with E-state index in [0.29, 0.717) is 19.8 Å². The van der Waals surface area contributed by atoms with Gasteiger partial charge in [-0.15, -0.1) is 0 Å². The van der Waals surface area contributed by atoms with Crippen LogP contribution in [0.1, 0.15) is 44.2 Å². The summed E-state index contributed by atoms with van der Waals surface area (Å²) in [6.07, 6.45) is 4.78. The maximum atomic E-state index is 13.9. The van der Waals surface area contributed by atoms with Crippen LogP contribution in [0.3, 0.4) is 0 Å². The third-order valence-electron chi connectivity index (χ3n) is 6.35. The van der Waals surface area contributed by atoms with Gasteiger partial charge in [0.2, 0.25) is 0 Å². The molecule has 168 valence electrons. The van der Waals surface area contributed by atoms with Crippen molar-refractivity contribution in [1.29, 1.82) is 0 Å². The number of nitrogens with zero attached hydrogens (tertiary/aromatic N) is 2. The minimum atomic E-state index is -0.198. The summed E-state index contributed by atoms with van der Waals surface area (Å²) in [5.74, 6) is 0.632. The van der Waals surface area contributed by atoms with Gasteiger partial charge in [-0.3, -0.25) is 9.89 Å². The van der Waals surface area contributed by atoms with E-state index in [1.807, 2.05) is 6.07 Å². The highest BCUT2D eigenvalue weighted by Crippen LogP contribution is 2.44. The molecule has 0 amide bonds. The summed E-state index contributed by atoms with van der Waals surface area (Å²) in [7, 11) is 1.76. The molecule has 0 radical (unpaired) electrons. The van der Waals surface area contributed by atoms with Crippen LogP contribution in [0.5, 0.6) is 0 Å². The van der Waals surface area contributed by atoms with E-state index in [2.05, 4.69) is 22.5 Å². The van der Waals surface area contributed by atoms with E-state index in [1.165, 1.54) is 25.3 Å². The van der Waals surface area contributed by atoms with Gasteiger partial charge in [-0.25, -0.2) is 4.39 Å². The smallest absolute Gasteiger partial charge is 0.191 e. The molecule has 2 fully saturated rings. The molecule has 1 aromatic carbocycles. The van der Waals surface area contributed by atoms with Crippen LogP contribution in [0.2, 0.25) is 0 Å². The highest BCUT2D eigenvalue weighted by molar-refractivity contribution is 5.79. The molecule has 0 bridgehead atoms. The molecule has 7 heteroatoms. The molecule has 1 atom stereocenters. The summed E-state index contributed by atoms with van der Waals surface area (Å²) in [5, 5.41) is 6.89. The van der Waals surface area contributed by atoms with Crippen molar-refractivity contribution in [3.05, 3.63) is 35.6 Å². The zero-order valence-electron chi connectivity index (χ0n) is 18.5. The molecular formula is C23H37FN4O2. The minimum absolute atomic E-state index is 0.0691. The van der Waals surface area contributed by atoms with Crippen LogP contribution >= 0.6 is 0 Å². The van der Waals surface area contributed by atoms with Gasteiger partial charge in [-0.1, -0.05) is 18.6 Å². The van der Waals surface area contributed by atoms with E-state index >= 15 is 0 Å². The number of aliphatic imine (C=N–C) groups is 1. The molecule has 1 aliphatic heterocycles. The van der Waals surface area contributed by atoms with E-state index in [9.17, 15) is 4.39 Å². The second-order valence-corrected chi connectivity index (χ2v) is 8.39. The molecule has 30 heavy (non-hydrogen) atoms. The summed E-state index contributed by atoms with van der Waals surface area (Å²) >= 11 is 0. The molecule has 1 unspecified atom stereocenters. The van der Waals surface area contributed by atoms with Gasteiger partial charge in [0.15, 0.2) is 5.96 Å². The molecule has 0 aromatic heterocycles. The van der Waals surface area contributed by atoms with Crippen LogP contribution in [0, 0.1) is 11.2 Å². The SMILES string of the molecule is CCNC(=NCC1(CCOC)CCC1)NCC(c1cccc(F)c1)N1CCOCC1. The fourth-order valence-corrected chi connectivity index (χ4v) is 4.33. The molecule has 1 saturated heterocycles. The lowest BCUT2D eigenvalue weighted by atomic mass is 9.67. The number of hydrogen-bond donors (Lipinski definition) is 2. The Bertz CT molecular complexity index is 675. The molecule has 1 aliphatic carbocycles. The molecule has 3 rings (SSSR count). The van der Waals surface area contributed by atoms with Gasteiger partial charge in [0.1, 0.15) is 5.82 Å². The van der Waals surface area contributed by atoms with Crippen molar-refractivity contribution in [2.45, 2.75) is 38.6 Å². The number of benzene rings is 1. The molecule has 1 saturated carbocycles. The van der Waals surface area contributed by atoms with Gasteiger partial charge in [0, 0.05) is 46.4 Å². The number of hydrogen-bond acceptors (Lipinski definition) is 4. The Kier molecular flexibility index (Phi) is 8.90. The number of nitrogens with one attached hydrogen (secondary N) is 2. The lowest BCUT2D eigenvalue weighted by Gasteiger charge is -2.41. The Labute approximate surface area is 180 Å². The number of morpholine rings is 1. The summed E-state index contributed by atoms with van der Waals surface area (Å²) < 4.78 is 24.7. The van der Waals surface area contributed by atoms with Gasteiger partial charge >= 0.3 is 0 Å². The normalized spacial score (nSPS) is 20.4. The molecule has 1 heterocycles.